The number of aromatic hydroxyl groups is 1. The summed E-state index contributed by atoms with van der Waals surface area (Å²) < 4.78 is 0. The zero-order valence-corrected chi connectivity index (χ0v) is 11.8. The Balaban J connectivity index is 2.48. The van der Waals surface area contributed by atoms with E-state index in [1.165, 1.54) is 0 Å². The zero-order chi connectivity index (χ0) is 14.5. The van der Waals surface area contributed by atoms with Gasteiger partial charge in [0.15, 0.2) is 0 Å². The highest BCUT2D eigenvalue weighted by molar-refractivity contribution is 5.78. The minimum Gasteiger partial charge on any atom is -0.508 e. The van der Waals surface area contributed by atoms with E-state index in [0.29, 0.717) is 0 Å². The Kier molecular flexibility index (Phi) is 5.36. The second-order valence-electron chi connectivity index (χ2n) is 5.29. The van der Waals surface area contributed by atoms with Crippen molar-refractivity contribution in [2.24, 2.45) is 5.92 Å². The van der Waals surface area contributed by atoms with Crippen LogP contribution < -0.4 is 5.32 Å². The summed E-state index contributed by atoms with van der Waals surface area (Å²) in [4.78, 5) is 11.8. The van der Waals surface area contributed by atoms with E-state index in [-0.39, 0.29) is 30.5 Å². The van der Waals surface area contributed by atoms with Crippen molar-refractivity contribution in [3.05, 3.63) is 29.8 Å². The van der Waals surface area contributed by atoms with E-state index in [1.807, 2.05) is 13.8 Å². The van der Waals surface area contributed by atoms with Gasteiger partial charge in [-0.15, -0.1) is 0 Å². The monoisotopic (exact) mass is 265 g/mol. The molecule has 0 aliphatic heterocycles. The lowest BCUT2D eigenvalue weighted by molar-refractivity contribution is -0.122. The Labute approximate surface area is 114 Å². The molecule has 2 unspecified atom stereocenters. The maximum Gasteiger partial charge on any atom is 0.224 e. The molecule has 0 fully saturated rings. The average Bonchev–Trinajstić information content (AvgIpc) is 2.35. The molecule has 0 aliphatic rings. The Morgan fingerprint density at radius 2 is 2.16 bits per heavy atom. The van der Waals surface area contributed by atoms with Crippen molar-refractivity contribution in [1.82, 2.24) is 5.32 Å². The molecule has 0 aliphatic carbocycles. The molecule has 4 heteroatoms. The van der Waals surface area contributed by atoms with Crippen LogP contribution in [-0.4, -0.2) is 28.3 Å². The lowest BCUT2D eigenvalue weighted by atomic mass is 9.88. The normalized spacial score (nSPS) is 15.6. The van der Waals surface area contributed by atoms with Gasteiger partial charge in [-0.2, -0.15) is 0 Å². The van der Waals surface area contributed by atoms with Gasteiger partial charge < -0.3 is 15.5 Å². The first-order valence-electron chi connectivity index (χ1n) is 6.62. The summed E-state index contributed by atoms with van der Waals surface area (Å²) in [5.41, 5.74) is -0.149. The Morgan fingerprint density at radius 1 is 1.47 bits per heavy atom. The molecule has 0 saturated carbocycles. The van der Waals surface area contributed by atoms with Crippen molar-refractivity contribution >= 4 is 5.91 Å². The predicted octanol–water partition coefficient (Wildman–Crippen LogP) is 1.85. The smallest absolute Gasteiger partial charge is 0.224 e. The fourth-order valence-electron chi connectivity index (χ4n) is 1.81. The van der Waals surface area contributed by atoms with Crippen LogP contribution in [0.4, 0.5) is 0 Å². The number of phenols is 1. The van der Waals surface area contributed by atoms with Gasteiger partial charge in [-0.05, 0) is 30.5 Å². The van der Waals surface area contributed by atoms with Gasteiger partial charge in [0, 0.05) is 6.54 Å². The highest BCUT2D eigenvalue weighted by atomic mass is 16.3. The highest BCUT2D eigenvalue weighted by Gasteiger charge is 2.27. The molecule has 0 spiro atoms. The number of hydrogen-bond acceptors (Lipinski definition) is 3. The quantitative estimate of drug-likeness (QED) is 0.735. The second-order valence-corrected chi connectivity index (χ2v) is 5.29. The standard InChI is InChI=1S/C15H23NO3/c1-4-11(2)15(3,19)10-16-14(18)9-12-6-5-7-13(17)8-12/h5-8,11,17,19H,4,9-10H2,1-3H3,(H,16,18). The maximum absolute atomic E-state index is 11.8. The number of rotatable bonds is 6. The summed E-state index contributed by atoms with van der Waals surface area (Å²) in [6.07, 6.45) is 1.06. The summed E-state index contributed by atoms with van der Waals surface area (Å²) in [7, 11) is 0. The van der Waals surface area contributed by atoms with Crippen LogP contribution in [-0.2, 0) is 11.2 Å². The fraction of sp³-hybridized carbons (Fsp3) is 0.533. The molecule has 1 aromatic carbocycles. The lowest BCUT2D eigenvalue weighted by Gasteiger charge is -2.29. The number of carbonyl (C=O) groups is 1. The molecule has 1 aromatic rings. The molecule has 2 atom stereocenters. The molecule has 0 bridgehead atoms. The number of amides is 1. The van der Waals surface area contributed by atoms with Gasteiger partial charge in [-0.1, -0.05) is 32.4 Å². The predicted molar refractivity (Wildman–Crippen MR) is 74.9 cm³/mol. The molecular formula is C15H23NO3. The van der Waals surface area contributed by atoms with E-state index >= 15 is 0 Å². The zero-order valence-electron chi connectivity index (χ0n) is 11.8. The molecule has 19 heavy (non-hydrogen) atoms. The van der Waals surface area contributed by atoms with Crippen LogP contribution in [0.1, 0.15) is 32.8 Å². The number of carbonyl (C=O) groups excluding carboxylic acids is 1. The van der Waals surface area contributed by atoms with Crippen molar-refractivity contribution in [2.75, 3.05) is 6.54 Å². The van der Waals surface area contributed by atoms with Crippen LogP contribution in [0.3, 0.4) is 0 Å². The number of hydrogen-bond donors (Lipinski definition) is 3. The molecule has 106 valence electrons. The summed E-state index contributed by atoms with van der Waals surface area (Å²) in [6.45, 7) is 5.94. The van der Waals surface area contributed by atoms with Crippen LogP contribution in [0.25, 0.3) is 0 Å². The number of benzene rings is 1. The van der Waals surface area contributed by atoms with E-state index in [4.69, 9.17) is 0 Å². The van der Waals surface area contributed by atoms with Gasteiger partial charge in [-0.25, -0.2) is 0 Å². The van der Waals surface area contributed by atoms with Crippen molar-refractivity contribution in [3.8, 4) is 5.75 Å². The van der Waals surface area contributed by atoms with Gasteiger partial charge in [0.25, 0.3) is 0 Å². The number of nitrogens with one attached hydrogen (secondary N) is 1. The molecule has 1 amide bonds. The fourth-order valence-corrected chi connectivity index (χ4v) is 1.81. The van der Waals surface area contributed by atoms with E-state index in [9.17, 15) is 15.0 Å². The lowest BCUT2D eigenvalue weighted by Crippen LogP contribution is -2.45. The maximum atomic E-state index is 11.8. The third kappa shape index (κ3) is 4.91. The van der Waals surface area contributed by atoms with E-state index in [0.717, 1.165) is 12.0 Å². The third-order valence-corrected chi connectivity index (χ3v) is 3.59. The van der Waals surface area contributed by atoms with Gasteiger partial charge in [0.05, 0.1) is 12.0 Å². The molecular weight excluding hydrogens is 242 g/mol. The Bertz CT molecular complexity index is 429. The first kappa shape index (κ1) is 15.5. The van der Waals surface area contributed by atoms with Crippen LogP contribution in [0.5, 0.6) is 5.75 Å². The Hall–Kier alpha value is -1.55. The van der Waals surface area contributed by atoms with Gasteiger partial charge in [0.2, 0.25) is 5.91 Å². The van der Waals surface area contributed by atoms with Crippen molar-refractivity contribution in [2.45, 2.75) is 39.2 Å². The summed E-state index contributed by atoms with van der Waals surface area (Å²) in [6, 6.07) is 6.61. The first-order valence-corrected chi connectivity index (χ1v) is 6.62. The van der Waals surface area contributed by atoms with E-state index in [1.54, 1.807) is 31.2 Å². The SMILES string of the molecule is CCC(C)C(C)(O)CNC(=O)Cc1cccc(O)c1. The van der Waals surface area contributed by atoms with Crippen LogP contribution >= 0.6 is 0 Å². The summed E-state index contributed by atoms with van der Waals surface area (Å²) >= 11 is 0. The number of aliphatic hydroxyl groups is 1. The van der Waals surface area contributed by atoms with Gasteiger partial charge in [-0.3, -0.25) is 4.79 Å². The molecule has 0 radical (unpaired) electrons. The van der Waals surface area contributed by atoms with Crippen molar-refractivity contribution in [3.63, 3.8) is 0 Å². The molecule has 4 nitrogen and oxygen atoms in total. The summed E-state index contributed by atoms with van der Waals surface area (Å²) in [5, 5.41) is 22.2. The molecule has 1 rings (SSSR count). The minimum absolute atomic E-state index is 0.119. The topological polar surface area (TPSA) is 69.6 Å². The summed E-state index contributed by atoms with van der Waals surface area (Å²) in [5.74, 6) is 0.111. The molecule has 0 heterocycles. The molecule has 0 aromatic heterocycles. The highest BCUT2D eigenvalue weighted by Crippen LogP contribution is 2.19. The van der Waals surface area contributed by atoms with Crippen LogP contribution in [0.2, 0.25) is 0 Å². The van der Waals surface area contributed by atoms with E-state index in [2.05, 4.69) is 5.32 Å². The minimum atomic E-state index is -0.900. The second kappa shape index (κ2) is 6.57. The van der Waals surface area contributed by atoms with Crippen LogP contribution in [0, 0.1) is 5.92 Å². The van der Waals surface area contributed by atoms with E-state index < -0.39 is 5.60 Å². The van der Waals surface area contributed by atoms with Crippen molar-refractivity contribution in [1.29, 1.82) is 0 Å². The number of phenolic OH excluding ortho intramolecular Hbond substituents is 1. The van der Waals surface area contributed by atoms with Gasteiger partial charge in [0.1, 0.15) is 5.75 Å². The largest absolute Gasteiger partial charge is 0.508 e. The third-order valence-electron chi connectivity index (χ3n) is 3.59. The first-order chi connectivity index (χ1) is 8.85. The molecule has 3 N–H and O–H groups in total. The van der Waals surface area contributed by atoms with Crippen LogP contribution in [0.15, 0.2) is 24.3 Å². The van der Waals surface area contributed by atoms with Gasteiger partial charge >= 0.3 is 0 Å². The Morgan fingerprint density at radius 3 is 2.74 bits per heavy atom. The van der Waals surface area contributed by atoms with Crippen molar-refractivity contribution < 1.29 is 15.0 Å². The average molecular weight is 265 g/mol. The molecule has 0 saturated heterocycles.